The number of aliphatic hydroxyl groups is 1. The fourth-order valence-electron chi connectivity index (χ4n) is 3.49. The zero-order chi connectivity index (χ0) is 16.1. The molecule has 0 aromatic rings. The van der Waals surface area contributed by atoms with Crippen molar-refractivity contribution >= 4 is 5.91 Å². The van der Waals surface area contributed by atoms with E-state index in [1.54, 1.807) is 0 Å². The van der Waals surface area contributed by atoms with Crippen molar-refractivity contribution in [3.63, 3.8) is 0 Å². The summed E-state index contributed by atoms with van der Waals surface area (Å²) in [7, 11) is 0. The van der Waals surface area contributed by atoms with Gasteiger partial charge in [-0.05, 0) is 25.3 Å². The third-order valence-corrected chi connectivity index (χ3v) is 4.87. The number of likely N-dealkylation sites (tertiary alicyclic amines) is 1. The molecule has 2 saturated heterocycles. The normalized spacial score (nSPS) is 25.4. The molecule has 2 atom stereocenters. The van der Waals surface area contributed by atoms with E-state index in [2.05, 4.69) is 29.7 Å². The molecule has 124 valence electrons. The second-order valence-electron chi connectivity index (χ2n) is 6.68. The predicted molar refractivity (Wildman–Crippen MR) is 84.1 cm³/mol. The van der Waals surface area contributed by atoms with Crippen molar-refractivity contribution in [2.75, 3.05) is 45.9 Å². The number of hydrogen-bond donors (Lipinski definition) is 1. The lowest BCUT2D eigenvalue weighted by molar-refractivity contribution is -0.134. The van der Waals surface area contributed by atoms with Crippen LogP contribution in [0.5, 0.6) is 0 Å². The van der Waals surface area contributed by atoms with Crippen LogP contribution in [0.2, 0.25) is 0 Å². The molecule has 2 heterocycles. The molecular weight excluding hydrogens is 280 g/mol. The van der Waals surface area contributed by atoms with Gasteiger partial charge in [-0.15, -0.1) is 0 Å². The molecule has 2 fully saturated rings. The third-order valence-electron chi connectivity index (χ3n) is 4.87. The molecule has 1 amide bonds. The van der Waals surface area contributed by atoms with Gasteiger partial charge in [-0.2, -0.15) is 5.26 Å². The van der Waals surface area contributed by atoms with Crippen LogP contribution >= 0.6 is 0 Å². The van der Waals surface area contributed by atoms with E-state index in [4.69, 9.17) is 0 Å². The first kappa shape index (κ1) is 17.2. The molecule has 2 aliphatic rings. The van der Waals surface area contributed by atoms with Crippen LogP contribution in [0.15, 0.2) is 0 Å². The van der Waals surface area contributed by atoms with Gasteiger partial charge in [0.25, 0.3) is 0 Å². The van der Waals surface area contributed by atoms with Gasteiger partial charge in [0.2, 0.25) is 5.91 Å². The standard InChI is InChI=1S/C16H28N4O2/c1-13(2)15(10-17)18-6-8-19(9-7-18)16(22)11-20-5-3-4-14(20)12-21/h13-15,21H,3-9,11-12H2,1-2H3. The van der Waals surface area contributed by atoms with Gasteiger partial charge in [-0.25, -0.2) is 0 Å². The summed E-state index contributed by atoms with van der Waals surface area (Å²) in [6.07, 6.45) is 2.04. The zero-order valence-corrected chi connectivity index (χ0v) is 13.7. The first-order chi connectivity index (χ1) is 10.6. The van der Waals surface area contributed by atoms with Gasteiger partial charge in [-0.1, -0.05) is 13.8 Å². The number of rotatable bonds is 5. The number of hydrogen-bond acceptors (Lipinski definition) is 5. The Morgan fingerprint density at radius 1 is 1.27 bits per heavy atom. The number of amides is 1. The van der Waals surface area contributed by atoms with Crippen LogP contribution in [-0.4, -0.2) is 83.7 Å². The molecule has 0 aliphatic carbocycles. The maximum atomic E-state index is 12.4. The highest BCUT2D eigenvalue weighted by Crippen LogP contribution is 2.17. The maximum absolute atomic E-state index is 12.4. The maximum Gasteiger partial charge on any atom is 0.236 e. The molecule has 2 aliphatic heterocycles. The van der Waals surface area contributed by atoms with Crippen molar-refractivity contribution in [1.82, 2.24) is 14.7 Å². The van der Waals surface area contributed by atoms with Gasteiger partial charge in [0, 0.05) is 32.2 Å². The minimum Gasteiger partial charge on any atom is -0.395 e. The molecule has 0 aromatic heterocycles. The molecule has 0 radical (unpaired) electrons. The van der Waals surface area contributed by atoms with E-state index in [1.165, 1.54) is 0 Å². The van der Waals surface area contributed by atoms with Gasteiger partial charge in [0.05, 0.1) is 19.2 Å². The summed E-state index contributed by atoms with van der Waals surface area (Å²) in [6, 6.07) is 2.46. The van der Waals surface area contributed by atoms with Crippen molar-refractivity contribution < 1.29 is 9.90 Å². The van der Waals surface area contributed by atoms with E-state index in [-0.39, 0.29) is 24.6 Å². The van der Waals surface area contributed by atoms with Gasteiger partial charge in [0.15, 0.2) is 0 Å². The smallest absolute Gasteiger partial charge is 0.236 e. The molecule has 0 saturated carbocycles. The van der Waals surface area contributed by atoms with Gasteiger partial charge < -0.3 is 10.0 Å². The fraction of sp³-hybridized carbons (Fsp3) is 0.875. The molecule has 1 N–H and O–H groups in total. The Hall–Kier alpha value is -1.16. The average molecular weight is 308 g/mol. The van der Waals surface area contributed by atoms with Crippen molar-refractivity contribution in [2.45, 2.75) is 38.8 Å². The van der Waals surface area contributed by atoms with Crippen LogP contribution in [0, 0.1) is 17.2 Å². The van der Waals surface area contributed by atoms with E-state index in [1.807, 2.05) is 4.90 Å². The number of carbonyl (C=O) groups is 1. The first-order valence-corrected chi connectivity index (χ1v) is 8.33. The Morgan fingerprint density at radius 3 is 2.50 bits per heavy atom. The predicted octanol–water partition coefficient (Wildman–Crippen LogP) is 0.135. The third kappa shape index (κ3) is 3.97. The van der Waals surface area contributed by atoms with Crippen LogP contribution in [0.25, 0.3) is 0 Å². The number of nitrogens with zero attached hydrogens (tertiary/aromatic N) is 4. The van der Waals surface area contributed by atoms with Crippen molar-refractivity contribution in [3.05, 3.63) is 0 Å². The summed E-state index contributed by atoms with van der Waals surface area (Å²) < 4.78 is 0. The van der Waals surface area contributed by atoms with Crippen LogP contribution in [0.4, 0.5) is 0 Å². The quantitative estimate of drug-likeness (QED) is 0.782. The minimum atomic E-state index is -0.0606. The Bertz CT molecular complexity index is 413. The van der Waals surface area contributed by atoms with Crippen LogP contribution in [0.1, 0.15) is 26.7 Å². The minimum absolute atomic E-state index is 0.0606. The number of aliphatic hydroxyl groups excluding tert-OH is 1. The first-order valence-electron chi connectivity index (χ1n) is 8.33. The Labute approximate surface area is 133 Å². The highest BCUT2D eigenvalue weighted by molar-refractivity contribution is 5.78. The van der Waals surface area contributed by atoms with Crippen LogP contribution in [-0.2, 0) is 4.79 Å². The summed E-state index contributed by atoms with van der Waals surface area (Å²) in [5.74, 6) is 0.459. The van der Waals surface area contributed by atoms with Gasteiger partial charge >= 0.3 is 0 Å². The highest BCUT2D eigenvalue weighted by atomic mass is 16.3. The van der Waals surface area contributed by atoms with Crippen LogP contribution in [0.3, 0.4) is 0 Å². The Morgan fingerprint density at radius 2 is 1.95 bits per heavy atom. The van der Waals surface area contributed by atoms with E-state index < -0.39 is 0 Å². The van der Waals surface area contributed by atoms with E-state index in [0.29, 0.717) is 25.6 Å². The molecule has 2 rings (SSSR count). The van der Waals surface area contributed by atoms with E-state index >= 15 is 0 Å². The summed E-state index contributed by atoms with van der Waals surface area (Å²) in [6.45, 7) is 8.51. The molecular formula is C16H28N4O2. The fourth-order valence-corrected chi connectivity index (χ4v) is 3.49. The Kier molecular flexibility index (Phi) is 6.18. The summed E-state index contributed by atoms with van der Waals surface area (Å²) in [5.41, 5.74) is 0. The number of nitriles is 1. The van der Waals surface area contributed by atoms with Crippen molar-refractivity contribution in [3.8, 4) is 6.07 Å². The molecule has 6 nitrogen and oxygen atoms in total. The zero-order valence-electron chi connectivity index (χ0n) is 13.7. The van der Waals surface area contributed by atoms with Gasteiger partial charge in [0.1, 0.15) is 6.04 Å². The second-order valence-corrected chi connectivity index (χ2v) is 6.68. The lowest BCUT2D eigenvalue weighted by Crippen LogP contribution is -2.54. The molecule has 22 heavy (non-hydrogen) atoms. The molecule has 0 spiro atoms. The molecule has 0 aromatic carbocycles. The lowest BCUT2D eigenvalue weighted by Gasteiger charge is -2.38. The van der Waals surface area contributed by atoms with Gasteiger partial charge in [-0.3, -0.25) is 14.6 Å². The van der Waals surface area contributed by atoms with Crippen molar-refractivity contribution in [1.29, 1.82) is 5.26 Å². The number of piperazine rings is 1. The topological polar surface area (TPSA) is 70.8 Å². The lowest BCUT2D eigenvalue weighted by atomic mass is 10.0. The second kappa shape index (κ2) is 7.91. The summed E-state index contributed by atoms with van der Waals surface area (Å²) >= 11 is 0. The molecule has 0 bridgehead atoms. The molecule has 6 heteroatoms. The highest BCUT2D eigenvalue weighted by Gasteiger charge is 2.30. The summed E-state index contributed by atoms with van der Waals surface area (Å²) in [5, 5.41) is 18.6. The van der Waals surface area contributed by atoms with Crippen molar-refractivity contribution in [2.24, 2.45) is 5.92 Å². The molecule has 2 unspecified atom stereocenters. The van der Waals surface area contributed by atoms with Crippen LogP contribution < -0.4 is 0 Å². The Balaban J connectivity index is 1.81. The number of carbonyl (C=O) groups excluding carboxylic acids is 1. The average Bonchev–Trinajstić information content (AvgIpc) is 2.95. The monoisotopic (exact) mass is 308 g/mol. The van der Waals surface area contributed by atoms with E-state index in [0.717, 1.165) is 32.5 Å². The van der Waals surface area contributed by atoms with E-state index in [9.17, 15) is 15.2 Å². The largest absolute Gasteiger partial charge is 0.395 e. The summed E-state index contributed by atoms with van der Waals surface area (Å²) in [4.78, 5) is 18.6. The SMILES string of the molecule is CC(C)C(C#N)N1CCN(C(=O)CN2CCCC2CO)CC1.